The predicted octanol–water partition coefficient (Wildman–Crippen LogP) is 2.71. The van der Waals surface area contributed by atoms with E-state index in [9.17, 15) is 4.39 Å². The van der Waals surface area contributed by atoms with Crippen molar-refractivity contribution in [2.75, 3.05) is 12.3 Å². The molecule has 1 saturated heterocycles. The Morgan fingerprint density at radius 2 is 1.94 bits per heavy atom. The lowest BCUT2D eigenvalue weighted by molar-refractivity contribution is 0.568. The van der Waals surface area contributed by atoms with E-state index in [0.29, 0.717) is 0 Å². The lowest BCUT2D eigenvalue weighted by Gasteiger charge is -2.23. The predicted molar refractivity (Wildman–Crippen MR) is 67.4 cm³/mol. The van der Waals surface area contributed by atoms with Gasteiger partial charge < -0.3 is 11.1 Å². The zero-order chi connectivity index (χ0) is 11.8. The maximum absolute atomic E-state index is 14.1. The summed E-state index contributed by atoms with van der Waals surface area (Å²) in [6.07, 6.45) is 6.25. The van der Waals surface area contributed by atoms with Gasteiger partial charge in [0.25, 0.3) is 0 Å². The summed E-state index contributed by atoms with van der Waals surface area (Å²) in [5, 5.41) is 3.40. The van der Waals surface area contributed by atoms with Gasteiger partial charge in [-0.15, -0.1) is 0 Å². The van der Waals surface area contributed by atoms with E-state index in [-0.39, 0.29) is 11.9 Å². The molecule has 0 amide bonds. The first-order valence-electron chi connectivity index (χ1n) is 6.60. The first-order chi connectivity index (χ1) is 8.27. The average molecular weight is 234 g/mol. The summed E-state index contributed by atoms with van der Waals surface area (Å²) in [5.41, 5.74) is 10.0. The molecule has 0 bridgehead atoms. The lowest BCUT2D eigenvalue weighted by Crippen LogP contribution is -2.18. The van der Waals surface area contributed by atoms with Crippen LogP contribution in [0.1, 0.15) is 48.4 Å². The molecule has 1 aliphatic heterocycles. The molecule has 3 heteroatoms. The van der Waals surface area contributed by atoms with E-state index in [1.165, 1.54) is 0 Å². The zero-order valence-corrected chi connectivity index (χ0v) is 10.1. The van der Waals surface area contributed by atoms with Crippen LogP contribution in [0, 0.1) is 5.82 Å². The van der Waals surface area contributed by atoms with Crippen LogP contribution in [0.4, 0.5) is 10.1 Å². The third kappa shape index (κ3) is 1.82. The minimum absolute atomic E-state index is 0.0439. The fourth-order valence-electron chi connectivity index (χ4n) is 3.18. The van der Waals surface area contributed by atoms with Gasteiger partial charge in [0.05, 0.1) is 0 Å². The summed E-state index contributed by atoms with van der Waals surface area (Å²) in [4.78, 5) is 0. The average Bonchev–Trinajstić information content (AvgIpc) is 2.87. The van der Waals surface area contributed by atoms with E-state index < -0.39 is 0 Å². The summed E-state index contributed by atoms with van der Waals surface area (Å²) in [7, 11) is 0. The first-order valence-corrected chi connectivity index (χ1v) is 6.60. The number of nitrogens with one attached hydrogen (secondary N) is 1. The minimum atomic E-state index is -0.0439. The van der Waals surface area contributed by atoms with Crippen LogP contribution in [-0.2, 0) is 12.8 Å². The fraction of sp³-hybridized carbons (Fsp3) is 0.571. The number of hydrogen-bond donors (Lipinski definition) is 2. The van der Waals surface area contributed by atoms with Gasteiger partial charge in [0.2, 0.25) is 0 Å². The van der Waals surface area contributed by atoms with Crippen LogP contribution < -0.4 is 11.1 Å². The third-order valence-electron chi connectivity index (χ3n) is 4.11. The molecule has 2 nitrogen and oxygen atoms in total. The standard InChI is InChI=1S/C14H19FN2/c15-12-8-11(13-6-3-7-17-13)14(16)10-5-2-1-4-9(10)12/h8,13,17H,1-7,16H2/t13-/m1/s1. The van der Waals surface area contributed by atoms with Crippen LogP contribution in [0.3, 0.4) is 0 Å². The highest BCUT2D eigenvalue weighted by molar-refractivity contribution is 5.59. The Labute approximate surface area is 101 Å². The fourth-order valence-corrected chi connectivity index (χ4v) is 3.18. The second kappa shape index (κ2) is 4.30. The van der Waals surface area contributed by atoms with Crippen molar-refractivity contribution in [2.24, 2.45) is 0 Å². The molecule has 1 fully saturated rings. The van der Waals surface area contributed by atoms with Gasteiger partial charge in [-0.3, -0.25) is 0 Å². The Kier molecular flexibility index (Phi) is 2.79. The maximum atomic E-state index is 14.1. The normalized spacial score (nSPS) is 23.7. The number of rotatable bonds is 1. The number of fused-ring (bicyclic) bond motifs is 1. The molecule has 1 heterocycles. The Morgan fingerprint density at radius 3 is 2.65 bits per heavy atom. The number of halogens is 1. The molecule has 1 aliphatic carbocycles. The second-order valence-corrected chi connectivity index (χ2v) is 5.17. The van der Waals surface area contributed by atoms with E-state index in [0.717, 1.165) is 67.4 Å². The van der Waals surface area contributed by atoms with Crippen LogP contribution >= 0.6 is 0 Å². The number of hydrogen-bond acceptors (Lipinski definition) is 2. The Hall–Kier alpha value is -1.09. The Morgan fingerprint density at radius 1 is 1.18 bits per heavy atom. The molecule has 1 aromatic carbocycles. The molecular formula is C14H19FN2. The van der Waals surface area contributed by atoms with Crippen molar-refractivity contribution in [1.82, 2.24) is 5.32 Å². The van der Waals surface area contributed by atoms with Gasteiger partial charge in [-0.05, 0) is 67.8 Å². The van der Waals surface area contributed by atoms with Gasteiger partial charge in [0, 0.05) is 11.7 Å². The van der Waals surface area contributed by atoms with E-state index in [1.807, 2.05) is 0 Å². The van der Waals surface area contributed by atoms with E-state index in [4.69, 9.17) is 5.73 Å². The zero-order valence-electron chi connectivity index (χ0n) is 10.1. The molecule has 3 N–H and O–H groups in total. The van der Waals surface area contributed by atoms with Crippen molar-refractivity contribution >= 4 is 5.69 Å². The summed E-state index contributed by atoms with van der Waals surface area (Å²) >= 11 is 0. The van der Waals surface area contributed by atoms with Crippen molar-refractivity contribution in [2.45, 2.75) is 44.6 Å². The quantitative estimate of drug-likeness (QED) is 0.733. The minimum Gasteiger partial charge on any atom is -0.398 e. The molecule has 0 saturated carbocycles. The lowest BCUT2D eigenvalue weighted by atomic mass is 9.86. The number of anilines is 1. The smallest absolute Gasteiger partial charge is 0.127 e. The van der Waals surface area contributed by atoms with E-state index in [1.54, 1.807) is 6.07 Å². The van der Waals surface area contributed by atoms with Crippen LogP contribution in [0.5, 0.6) is 0 Å². The monoisotopic (exact) mass is 234 g/mol. The molecule has 2 aliphatic rings. The van der Waals surface area contributed by atoms with Crippen LogP contribution in [0.15, 0.2) is 6.07 Å². The van der Waals surface area contributed by atoms with Gasteiger partial charge in [-0.1, -0.05) is 0 Å². The SMILES string of the molecule is Nc1c([C@H]2CCCN2)cc(F)c2c1CCCC2. The molecule has 0 unspecified atom stereocenters. The molecule has 0 radical (unpaired) electrons. The van der Waals surface area contributed by atoms with Gasteiger partial charge in [0.1, 0.15) is 5.82 Å². The highest BCUT2D eigenvalue weighted by atomic mass is 19.1. The molecule has 3 rings (SSSR count). The van der Waals surface area contributed by atoms with Crippen molar-refractivity contribution in [3.05, 3.63) is 28.6 Å². The Bertz CT molecular complexity index is 436. The van der Waals surface area contributed by atoms with Crippen molar-refractivity contribution in [3.8, 4) is 0 Å². The van der Waals surface area contributed by atoms with Crippen molar-refractivity contribution in [3.63, 3.8) is 0 Å². The molecule has 1 aromatic rings. The summed E-state index contributed by atoms with van der Waals surface area (Å²) in [6.45, 7) is 1.02. The van der Waals surface area contributed by atoms with E-state index in [2.05, 4.69) is 5.32 Å². The highest BCUT2D eigenvalue weighted by Gasteiger charge is 2.24. The molecular weight excluding hydrogens is 215 g/mol. The van der Waals surface area contributed by atoms with Gasteiger partial charge in [-0.25, -0.2) is 4.39 Å². The molecule has 1 atom stereocenters. The summed E-state index contributed by atoms with van der Waals surface area (Å²) in [6, 6.07) is 1.93. The van der Waals surface area contributed by atoms with Crippen LogP contribution in [0.25, 0.3) is 0 Å². The topological polar surface area (TPSA) is 38.0 Å². The third-order valence-corrected chi connectivity index (χ3v) is 4.11. The van der Waals surface area contributed by atoms with Crippen molar-refractivity contribution in [1.29, 1.82) is 0 Å². The number of nitrogens with two attached hydrogens (primary N) is 1. The van der Waals surface area contributed by atoms with Crippen LogP contribution in [-0.4, -0.2) is 6.54 Å². The first kappa shape index (κ1) is 11.0. The Balaban J connectivity index is 2.07. The molecule has 92 valence electrons. The van der Waals surface area contributed by atoms with Gasteiger partial charge in [-0.2, -0.15) is 0 Å². The summed E-state index contributed by atoms with van der Waals surface area (Å²) < 4.78 is 14.1. The molecule has 0 spiro atoms. The molecule has 17 heavy (non-hydrogen) atoms. The van der Waals surface area contributed by atoms with Crippen LogP contribution in [0.2, 0.25) is 0 Å². The number of nitrogen functional groups attached to an aromatic ring is 1. The second-order valence-electron chi connectivity index (χ2n) is 5.17. The van der Waals surface area contributed by atoms with E-state index >= 15 is 0 Å². The molecule has 0 aromatic heterocycles. The van der Waals surface area contributed by atoms with Gasteiger partial charge in [0.15, 0.2) is 0 Å². The summed E-state index contributed by atoms with van der Waals surface area (Å²) in [5.74, 6) is -0.0439. The van der Waals surface area contributed by atoms with Gasteiger partial charge >= 0.3 is 0 Å². The van der Waals surface area contributed by atoms with Crippen molar-refractivity contribution < 1.29 is 4.39 Å². The maximum Gasteiger partial charge on any atom is 0.127 e. The largest absolute Gasteiger partial charge is 0.398 e. The highest BCUT2D eigenvalue weighted by Crippen LogP contribution is 2.36. The number of benzene rings is 1.